The quantitative estimate of drug-likeness (QED) is 0.374. The average molecular weight is 363 g/mol. The summed E-state index contributed by atoms with van der Waals surface area (Å²) in [6.07, 6.45) is -1.64. The van der Waals surface area contributed by atoms with Crippen molar-refractivity contribution < 1.29 is 22.4 Å². The van der Waals surface area contributed by atoms with Crippen LogP contribution in [0.2, 0.25) is 0 Å². The van der Waals surface area contributed by atoms with Crippen LogP contribution in [0.5, 0.6) is 0 Å². The number of halogens is 3. The fraction of sp³-hybridized carbons (Fsp3) is 0.0625. The van der Waals surface area contributed by atoms with Crippen molar-refractivity contribution in [3.05, 3.63) is 60.0 Å². The van der Waals surface area contributed by atoms with Gasteiger partial charge in [-0.3, -0.25) is 10.2 Å². The second-order valence-corrected chi connectivity index (χ2v) is 5.10. The smallest absolute Gasteiger partial charge is 0.416 e. The minimum absolute atomic E-state index is 0.0317. The number of hydrogen-bond donors (Lipinski definition) is 3. The lowest BCUT2D eigenvalue weighted by molar-refractivity contribution is -0.137. The second-order valence-electron chi connectivity index (χ2n) is 5.10. The fourth-order valence-electron chi connectivity index (χ4n) is 2.16. The molecule has 0 unspecified atom stereocenters. The van der Waals surface area contributed by atoms with E-state index in [2.05, 4.69) is 15.3 Å². The zero-order valence-corrected chi connectivity index (χ0v) is 13.0. The number of benzene rings is 1. The normalized spacial score (nSPS) is 11.2. The largest absolute Gasteiger partial charge is 0.423 e. The highest BCUT2D eigenvalue weighted by molar-refractivity contribution is 5.97. The van der Waals surface area contributed by atoms with Crippen LogP contribution in [0, 0.1) is 0 Å². The molecule has 4 N–H and O–H groups in total. The van der Waals surface area contributed by atoms with Gasteiger partial charge in [-0.05, 0) is 24.3 Å². The van der Waals surface area contributed by atoms with Gasteiger partial charge < -0.3 is 9.73 Å². The van der Waals surface area contributed by atoms with Crippen molar-refractivity contribution in [3.8, 4) is 11.3 Å². The van der Waals surface area contributed by atoms with Gasteiger partial charge in [0.2, 0.25) is 0 Å². The van der Waals surface area contributed by atoms with Gasteiger partial charge >= 0.3 is 6.18 Å². The Morgan fingerprint density at radius 3 is 2.50 bits per heavy atom. The van der Waals surface area contributed by atoms with Gasteiger partial charge in [-0.15, -0.1) is 0 Å². The molecule has 0 aliphatic carbocycles. The standard InChI is InChI=1S/C16H12F3N5O2/c17-16(18,19)10-5-3-9(4-6-10)12-8-22-15(26-12)23-11-2-1-7-21-13(11)14(25)24-20/h1-8H,20H2,(H,22,23)(H,24,25). The van der Waals surface area contributed by atoms with Crippen molar-refractivity contribution in [2.24, 2.45) is 5.84 Å². The van der Waals surface area contributed by atoms with Gasteiger partial charge in [0.1, 0.15) is 0 Å². The highest BCUT2D eigenvalue weighted by Crippen LogP contribution is 2.31. The van der Waals surface area contributed by atoms with Gasteiger partial charge in [0, 0.05) is 11.8 Å². The zero-order chi connectivity index (χ0) is 18.7. The number of amides is 1. The first-order valence-electron chi connectivity index (χ1n) is 7.25. The molecule has 0 atom stereocenters. The molecule has 7 nitrogen and oxygen atoms in total. The van der Waals surface area contributed by atoms with E-state index in [1.807, 2.05) is 5.43 Å². The molecule has 2 aromatic heterocycles. The molecule has 0 radical (unpaired) electrons. The summed E-state index contributed by atoms with van der Waals surface area (Å²) in [4.78, 5) is 19.6. The molecular weight excluding hydrogens is 351 g/mol. The summed E-state index contributed by atoms with van der Waals surface area (Å²) < 4.78 is 43.3. The Hall–Kier alpha value is -3.40. The lowest BCUT2D eigenvalue weighted by Gasteiger charge is -2.07. The molecule has 1 amide bonds. The minimum Gasteiger partial charge on any atom is -0.423 e. The number of nitrogens with zero attached hydrogens (tertiary/aromatic N) is 2. The summed E-state index contributed by atoms with van der Waals surface area (Å²) in [6, 6.07) is 7.68. The Kier molecular flexibility index (Phi) is 4.59. The van der Waals surface area contributed by atoms with E-state index < -0.39 is 17.6 Å². The Bertz CT molecular complexity index is 922. The maximum absolute atomic E-state index is 12.6. The maximum Gasteiger partial charge on any atom is 0.416 e. The van der Waals surface area contributed by atoms with Crippen LogP contribution < -0.4 is 16.6 Å². The number of aromatic nitrogens is 2. The zero-order valence-electron chi connectivity index (χ0n) is 13.0. The number of carbonyl (C=O) groups is 1. The number of nitrogens with one attached hydrogen (secondary N) is 2. The Morgan fingerprint density at radius 2 is 1.85 bits per heavy atom. The molecule has 0 spiro atoms. The summed E-state index contributed by atoms with van der Waals surface area (Å²) in [5.41, 5.74) is 1.97. The van der Waals surface area contributed by atoms with Gasteiger partial charge in [0.05, 0.1) is 17.4 Å². The molecule has 0 aliphatic rings. The van der Waals surface area contributed by atoms with Crippen LogP contribution in [0.3, 0.4) is 0 Å². The molecule has 0 saturated heterocycles. The van der Waals surface area contributed by atoms with E-state index in [0.717, 1.165) is 12.1 Å². The van der Waals surface area contributed by atoms with Crippen molar-refractivity contribution in [2.75, 3.05) is 5.32 Å². The van der Waals surface area contributed by atoms with Gasteiger partial charge in [-0.2, -0.15) is 13.2 Å². The van der Waals surface area contributed by atoms with Crippen molar-refractivity contribution in [1.29, 1.82) is 0 Å². The highest BCUT2D eigenvalue weighted by Gasteiger charge is 2.30. The number of nitrogen functional groups attached to an aromatic ring is 1. The third-order valence-electron chi connectivity index (χ3n) is 3.40. The maximum atomic E-state index is 12.6. The molecule has 0 bridgehead atoms. The number of pyridine rings is 1. The van der Waals surface area contributed by atoms with Crippen LogP contribution in [-0.2, 0) is 6.18 Å². The number of rotatable bonds is 4. The molecule has 0 aliphatic heterocycles. The first-order chi connectivity index (χ1) is 12.4. The lowest BCUT2D eigenvalue weighted by Crippen LogP contribution is -2.31. The predicted octanol–water partition coefficient (Wildman–Crippen LogP) is 3.10. The van der Waals surface area contributed by atoms with Crippen LogP contribution in [0.4, 0.5) is 24.9 Å². The number of hydrogen-bond acceptors (Lipinski definition) is 6. The number of nitrogens with two attached hydrogens (primary N) is 1. The van der Waals surface area contributed by atoms with E-state index in [-0.39, 0.29) is 17.5 Å². The van der Waals surface area contributed by atoms with Crippen molar-refractivity contribution in [3.63, 3.8) is 0 Å². The summed E-state index contributed by atoms with van der Waals surface area (Å²) in [6.45, 7) is 0. The van der Waals surface area contributed by atoms with Gasteiger partial charge in [-0.1, -0.05) is 12.1 Å². The van der Waals surface area contributed by atoms with Gasteiger partial charge in [0.15, 0.2) is 11.5 Å². The number of oxazole rings is 1. The molecule has 0 saturated carbocycles. The van der Waals surface area contributed by atoms with E-state index in [9.17, 15) is 18.0 Å². The van der Waals surface area contributed by atoms with Gasteiger partial charge in [-0.25, -0.2) is 15.8 Å². The molecule has 3 rings (SSSR count). The molecule has 26 heavy (non-hydrogen) atoms. The summed E-state index contributed by atoms with van der Waals surface area (Å²) in [5, 5.41) is 2.78. The summed E-state index contributed by atoms with van der Waals surface area (Å²) in [5.74, 6) is 4.75. The first kappa shape index (κ1) is 17.4. The third-order valence-corrected chi connectivity index (χ3v) is 3.40. The number of anilines is 2. The lowest BCUT2D eigenvalue weighted by atomic mass is 10.1. The molecule has 10 heteroatoms. The topological polar surface area (TPSA) is 106 Å². The molecule has 2 heterocycles. The summed E-state index contributed by atoms with van der Waals surface area (Å²) >= 11 is 0. The van der Waals surface area contributed by atoms with E-state index in [1.165, 1.54) is 24.5 Å². The van der Waals surface area contributed by atoms with E-state index >= 15 is 0 Å². The van der Waals surface area contributed by atoms with Crippen LogP contribution >= 0.6 is 0 Å². The number of hydrazine groups is 1. The molecule has 3 aromatic rings. The van der Waals surface area contributed by atoms with E-state index in [1.54, 1.807) is 12.1 Å². The monoisotopic (exact) mass is 363 g/mol. The summed E-state index contributed by atoms with van der Waals surface area (Å²) in [7, 11) is 0. The van der Waals surface area contributed by atoms with Crippen molar-refractivity contribution in [1.82, 2.24) is 15.4 Å². The Morgan fingerprint density at radius 1 is 1.12 bits per heavy atom. The van der Waals surface area contributed by atoms with Crippen LogP contribution in [-0.4, -0.2) is 15.9 Å². The molecule has 134 valence electrons. The Labute approximate surface area is 145 Å². The first-order valence-corrected chi connectivity index (χ1v) is 7.25. The van der Waals surface area contributed by atoms with Crippen LogP contribution in [0.15, 0.2) is 53.2 Å². The molecule has 0 fully saturated rings. The molecule has 1 aromatic carbocycles. The third kappa shape index (κ3) is 3.64. The predicted molar refractivity (Wildman–Crippen MR) is 86.1 cm³/mol. The van der Waals surface area contributed by atoms with Crippen LogP contribution in [0.25, 0.3) is 11.3 Å². The average Bonchev–Trinajstić information content (AvgIpc) is 3.09. The highest BCUT2D eigenvalue weighted by atomic mass is 19.4. The van der Waals surface area contributed by atoms with Crippen molar-refractivity contribution in [2.45, 2.75) is 6.18 Å². The van der Waals surface area contributed by atoms with Gasteiger partial charge in [0.25, 0.3) is 11.9 Å². The van der Waals surface area contributed by atoms with E-state index in [0.29, 0.717) is 11.3 Å². The SMILES string of the molecule is NNC(=O)c1ncccc1Nc1ncc(-c2ccc(C(F)(F)F)cc2)o1. The van der Waals surface area contributed by atoms with E-state index in [4.69, 9.17) is 10.3 Å². The van der Waals surface area contributed by atoms with Crippen molar-refractivity contribution >= 4 is 17.6 Å². The number of carbonyl (C=O) groups excluding carboxylic acids is 1. The Balaban J connectivity index is 1.82. The molecular formula is C16H12F3N5O2. The minimum atomic E-state index is -4.41. The van der Waals surface area contributed by atoms with Crippen LogP contribution in [0.1, 0.15) is 16.1 Å². The fourth-order valence-corrected chi connectivity index (χ4v) is 2.16. The number of alkyl halides is 3. The second kappa shape index (κ2) is 6.84.